The van der Waals surface area contributed by atoms with Crippen LogP contribution in [-0.2, 0) is 29.0 Å². The molecule has 0 saturated carbocycles. The van der Waals surface area contributed by atoms with Crippen molar-refractivity contribution in [3.8, 4) is 0 Å². The molecule has 2 saturated heterocycles. The Morgan fingerprint density at radius 1 is 0.662 bits per heavy atom. The Morgan fingerprint density at radius 3 is 1.69 bits per heavy atom. The van der Waals surface area contributed by atoms with E-state index in [4.69, 9.17) is 15.2 Å². The Hall–Kier alpha value is -4.50. The van der Waals surface area contributed by atoms with Crippen molar-refractivity contribution in [1.29, 1.82) is 0 Å². The number of hydrogen-bond donors (Lipinski definition) is 4. The molecule has 0 bridgehead atoms. The number of nitrogen functional groups attached to an aromatic ring is 1. The van der Waals surface area contributed by atoms with Crippen molar-refractivity contribution in [2.24, 2.45) is 0 Å². The van der Waals surface area contributed by atoms with E-state index in [9.17, 15) is 18.2 Å². The number of aromatic nitrogens is 6. The van der Waals surface area contributed by atoms with Gasteiger partial charge in [-0.2, -0.15) is 34.2 Å². The summed E-state index contributed by atoms with van der Waals surface area (Å²) in [7, 11) is -4.70. The minimum absolute atomic E-state index is 0. The standard InChI is InChI=1S/C28H28N6O7S2.C13H16N6O.2Na/c1-19-7-8-21(25(17-19)43(36,37)38)10-9-20-11-12-23(18-24(20)42-41-40-35)30-27-31-26(29-22-5-3-2-4-6-22)32-28(33-27)34-13-15-39-16-14-34;14-11-16-12(15-10-4-2-1-3-5-10)18-13(17-11)19-6-8-20-9-7-19;;/h2-12,17-18,35H,13-16H2,1H3,(H,36,37,38)(H2,29,30,31,32,33);1-5H,6-9H2,(H3,14,15,16,17,18);;/q;;2*+1/p-2/b10-9+;;;. The van der Waals surface area contributed by atoms with Crippen molar-refractivity contribution in [1.82, 2.24) is 29.9 Å². The van der Waals surface area contributed by atoms with Crippen LogP contribution in [0.2, 0.25) is 0 Å². The Kier molecular flexibility index (Phi) is 20.1. The predicted octanol–water partition coefficient (Wildman–Crippen LogP) is -1.15. The van der Waals surface area contributed by atoms with E-state index < -0.39 is 10.1 Å². The fraction of sp³-hybridized carbons (Fsp3) is 0.220. The van der Waals surface area contributed by atoms with Gasteiger partial charge < -0.3 is 50.8 Å². The Balaban J connectivity index is 0.000000302. The van der Waals surface area contributed by atoms with E-state index in [1.807, 2.05) is 70.5 Å². The summed E-state index contributed by atoms with van der Waals surface area (Å²) in [5.41, 5.74) is 9.44. The van der Waals surface area contributed by atoms with E-state index >= 15 is 0 Å². The zero-order valence-electron chi connectivity index (χ0n) is 35.8. The number of aryl methyl sites for hydroxylation is 1. The number of para-hydroxylation sites is 2. The number of morpholine rings is 2. The molecule has 2 aliphatic heterocycles. The van der Waals surface area contributed by atoms with E-state index in [1.54, 1.807) is 43.3 Å². The van der Waals surface area contributed by atoms with Crippen LogP contribution in [0.4, 0.5) is 52.8 Å². The van der Waals surface area contributed by atoms with Gasteiger partial charge in [-0.25, -0.2) is 8.42 Å². The average molecular weight is 941 g/mol. The number of hydrogen-bond acceptors (Lipinski definition) is 21. The molecule has 4 aromatic carbocycles. The van der Waals surface area contributed by atoms with Gasteiger partial charge in [0.2, 0.25) is 35.7 Å². The number of nitrogens with one attached hydrogen (secondary N) is 3. The molecule has 0 radical (unpaired) electrons. The summed E-state index contributed by atoms with van der Waals surface area (Å²) in [4.78, 5) is 30.6. The van der Waals surface area contributed by atoms with Crippen LogP contribution >= 0.6 is 12.0 Å². The van der Waals surface area contributed by atoms with Gasteiger partial charge >= 0.3 is 59.1 Å². The second kappa shape index (κ2) is 25.4. The molecule has 6 aromatic rings. The fourth-order valence-electron chi connectivity index (χ4n) is 6.20. The predicted molar refractivity (Wildman–Crippen MR) is 235 cm³/mol. The second-order valence-corrected chi connectivity index (χ2v) is 15.8. The van der Waals surface area contributed by atoms with E-state index in [1.165, 1.54) is 12.1 Å². The molecule has 0 aliphatic carbocycles. The van der Waals surface area contributed by atoms with E-state index in [-0.39, 0.29) is 81.5 Å². The van der Waals surface area contributed by atoms with E-state index in [2.05, 4.69) is 55.2 Å². The quantitative estimate of drug-likeness (QED) is 0.0251. The number of ether oxygens (including phenoxy) is 2. The SMILES string of the molecule is Cc1ccc(/C=C/c2ccc(Nc3nc(Nc4ccccc4)nc(N4CCOCC4)n3)cc2SOO[O-])c(S(=O)(=O)[O-])c1.Nc1nc(Nc2ccccc2)nc(N2CCOCC2)n1.[Na+].[Na+]. The summed E-state index contributed by atoms with van der Waals surface area (Å²) in [6.45, 7) is 6.91. The number of benzene rings is 4. The third-order valence-corrected chi connectivity index (χ3v) is 10.8. The van der Waals surface area contributed by atoms with Crippen LogP contribution < -0.4 is 95.9 Å². The minimum atomic E-state index is -4.70. The van der Waals surface area contributed by atoms with Gasteiger partial charge in [0.15, 0.2) is 0 Å². The van der Waals surface area contributed by atoms with Gasteiger partial charge in [-0.1, -0.05) is 66.7 Å². The number of rotatable bonds is 14. The summed E-state index contributed by atoms with van der Waals surface area (Å²) < 4.78 is 50.7. The molecule has 5 N–H and O–H groups in total. The van der Waals surface area contributed by atoms with Crippen LogP contribution in [0, 0.1) is 6.92 Å². The first-order chi connectivity index (χ1) is 30.6. The summed E-state index contributed by atoms with van der Waals surface area (Å²) in [6.07, 6.45) is 3.10. The van der Waals surface area contributed by atoms with Crippen LogP contribution in [-0.4, -0.2) is 95.5 Å². The molecule has 0 amide bonds. The number of nitrogens with zero attached hydrogens (tertiary/aromatic N) is 8. The van der Waals surface area contributed by atoms with Gasteiger partial charge in [-0.15, -0.1) is 0 Å². The smallest absolute Gasteiger partial charge is 0.744 e. The molecule has 20 nitrogen and oxygen atoms in total. The molecule has 0 spiro atoms. The van der Waals surface area contributed by atoms with Crippen molar-refractivity contribution < 1.29 is 96.2 Å². The molecular formula is C41H42N12Na2O8S2. The van der Waals surface area contributed by atoms with Gasteiger partial charge in [0.1, 0.15) is 10.1 Å². The van der Waals surface area contributed by atoms with E-state index in [0.717, 1.165) is 24.5 Å². The van der Waals surface area contributed by atoms with Gasteiger partial charge in [0, 0.05) is 48.1 Å². The first-order valence-electron chi connectivity index (χ1n) is 19.5. The maximum absolute atomic E-state index is 11.8. The minimum Gasteiger partial charge on any atom is -0.744 e. The average Bonchev–Trinajstić information content (AvgIpc) is 3.29. The zero-order valence-corrected chi connectivity index (χ0v) is 41.4. The van der Waals surface area contributed by atoms with Gasteiger partial charge in [0.25, 0.3) is 0 Å². The van der Waals surface area contributed by atoms with Crippen LogP contribution in [0.3, 0.4) is 0 Å². The second-order valence-electron chi connectivity index (χ2n) is 13.7. The molecule has 4 heterocycles. The van der Waals surface area contributed by atoms with Gasteiger partial charge in [-0.3, -0.25) is 5.04 Å². The summed E-state index contributed by atoms with van der Waals surface area (Å²) >= 11 is 0.656. The number of anilines is 9. The molecule has 8 rings (SSSR count). The molecule has 328 valence electrons. The summed E-state index contributed by atoms with van der Waals surface area (Å²) in [5, 5.41) is 23.6. The molecule has 0 unspecified atom stereocenters. The van der Waals surface area contributed by atoms with Crippen molar-refractivity contribution in [3.63, 3.8) is 0 Å². The van der Waals surface area contributed by atoms with Crippen LogP contribution in [0.15, 0.2) is 107 Å². The fourth-order valence-corrected chi connectivity index (χ4v) is 7.46. The van der Waals surface area contributed by atoms with E-state index in [0.29, 0.717) is 97.1 Å². The van der Waals surface area contributed by atoms with Crippen LogP contribution in [0.1, 0.15) is 16.7 Å². The Morgan fingerprint density at radius 2 is 1.15 bits per heavy atom. The van der Waals surface area contributed by atoms with Crippen LogP contribution in [0.5, 0.6) is 0 Å². The number of nitrogens with two attached hydrogens (primary N) is 1. The molecule has 2 aromatic heterocycles. The topological polar surface area (TPSA) is 263 Å². The maximum Gasteiger partial charge on any atom is 1.00 e. The zero-order chi connectivity index (χ0) is 44.0. The first-order valence-corrected chi connectivity index (χ1v) is 21.6. The molecule has 2 fully saturated rings. The summed E-state index contributed by atoms with van der Waals surface area (Å²) in [5.74, 6) is 2.31. The van der Waals surface area contributed by atoms with Gasteiger partial charge in [0.05, 0.1) is 43.4 Å². The molecule has 65 heavy (non-hydrogen) atoms. The van der Waals surface area contributed by atoms with Crippen molar-refractivity contribution in [2.45, 2.75) is 16.7 Å². The van der Waals surface area contributed by atoms with Crippen LogP contribution in [0.25, 0.3) is 12.2 Å². The largest absolute Gasteiger partial charge is 1.00 e. The first kappa shape index (κ1) is 51.5. The monoisotopic (exact) mass is 940 g/mol. The summed E-state index contributed by atoms with van der Waals surface area (Å²) in [6, 6.07) is 28.9. The third kappa shape index (κ3) is 15.5. The molecule has 2 aliphatic rings. The van der Waals surface area contributed by atoms with Crippen molar-refractivity contribution in [2.75, 3.05) is 84.1 Å². The Labute approximate surface area is 424 Å². The normalized spacial score (nSPS) is 13.8. The Bertz CT molecular complexity index is 2600. The van der Waals surface area contributed by atoms with Crippen molar-refractivity contribution >= 4 is 87.1 Å². The maximum atomic E-state index is 11.8. The van der Waals surface area contributed by atoms with Crippen molar-refractivity contribution in [3.05, 3.63) is 114 Å². The van der Waals surface area contributed by atoms with Gasteiger partial charge in [-0.05, 0) is 66.1 Å². The molecular weight excluding hydrogens is 899 g/mol. The molecule has 24 heteroatoms. The third-order valence-electron chi connectivity index (χ3n) is 9.21. The molecule has 0 atom stereocenters.